The van der Waals surface area contributed by atoms with Gasteiger partial charge in [0.05, 0.1) is 21.6 Å². The molecule has 3 nitrogen and oxygen atoms in total. The summed E-state index contributed by atoms with van der Waals surface area (Å²) >= 11 is 7.25. The molecule has 5 heteroatoms. The van der Waals surface area contributed by atoms with E-state index < -0.39 is 0 Å². The van der Waals surface area contributed by atoms with Gasteiger partial charge in [0.15, 0.2) is 0 Å². The lowest BCUT2D eigenvalue weighted by Crippen LogP contribution is -1.92. The van der Waals surface area contributed by atoms with Gasteiger partial charge in [-0.25, -0.2) is 4.98 Å². The molecule has 2 rings (SSSR count). The van der Waals surface area contributed by atoms with E-state index in [9.17, 15) is 0 Å². The molecule has 0 saturated heterocycles. The second-order valence-corrected chi connectivity index (χ2v) is 4.15. The second-order valence-electron chi connectivity index (χ2n) is 2.43. The van der Waals surface area contributed by atoms with Crippen LogP contribution in [-0.2, 0) is 0 Å². The average molecular weight is 212 g/mol. The van der Waals surface area contributed by atoms with Gasteiger partial charge in [0.1, 0.15) is 11.5 Å². The van der Waals surface area contributed by atoms with E-state index in [1.165, 1.54) is 17.5 Å². The van der Waals surface area contributed by atoms with Crippen LogP contribution in [0.1, 0.15) is 0 Å². The fourth-order valence-corrected chi connectivity index (χ4v) is 1.95. The summed E-state index contributed by atoms with van der Waals surface area (Å²) < 4.78 is 0.735. The summed E-state index contributed by atoms with van der Waals surface area (Å²) in [7, 11) is 0. The van der Waals surface area contributed by atoms with Crippen LogP contribution in [-0.4, -0.2) is 9.97 Å². The number of nitrogens with two attached hydrogens (primary N) is 1. The summed E-state index contributed by atoms with van der Waals surface area (Å²) in [6, 6.07) is 3.73. The molecule has 2 aromatic heterocycles. The number of nitrogen functional groups attached to an aromatic ring is 1. The van der Waals surface area contributed by atoms with E-state index in [4.69, 9.17) is 17.3 Å². The fourth-order valence-electron chi connectivity index (χ4n) is 0.952. The normalized spacial score (nSPS) is 10.2. The third kappa shape index (κ3) is 1.79. The lowest BCUT2D eigenvalue weighted by Gasteiger charge is -1.95. The summed E-state index contributed by atoms with van der Waals surface area (Å²) in [5, 5.41) is 0. The van der Waals surface area contributed by atoms with Crippen molar-refractivity contribution in [2.24, 2.45) is 0 Å². The standard InChI is InChI=1S/C8H6ClN3S/c9-7-2-1-6(13-7)5-3-11-4-8(10)12-5/h1-4H,(H2,10,12). The predicted molar refractivity (Wildman–Crippen MR) is 54.8 cm³/mol. The second kappa shape index (κ2) is 3.32. The van der Waals surface area contributed by atoms with Gasteiger partial charge < -0.3 is 5.73 Å². The first kappa shape index (κ1) is 8.47. The van der Waals surface area contributed by atoms with E-state index in [0.717, 1.165) is 14.9 Å². The van der Waals surface area contributed by atoms with Crippen LogP contribution in [0, 0.1) is 0 Å². The number of aromatic nitrogens is 2. The molecule has 2 N–H and O–H groups in total. The van der Waals surface area contributed by atoms with Crippen molar-refractivity contribution in [3.05, 3.63) is 28.9 Å². The van der Waals surface area contributed by atoms with Gasteiger partial charge in [-0.2, -0.15) is 0 Å². The monoisotopic (exact) mass is 211 g/mol. The van der Waals surface area contributed by atoms with Gasteiger partial charge in [-0.15, -0.1) is 11.3 Å². The number of halogens is 1. The molecule has 0 aromatic carbocycles. The molecule has 0 aliphatic carbocycles. The van der Waals surface area contributed by atoms with Gasteiger partial charge >= 0.3 is 0 Å². The fraction of sp³-hybridized carbons (Fsp3) is 0. The Morgan fingerprint density at radius 1 is 1.31 bits per heavy atom. The zero-order valence-corrected chi connectivity index (χ0v) is 8.14. The van der Waals surface area contributed by atoms with Crippen LogP contribution in [0.2, 0.25) is 4.34 Å². The summed E-state index contributed by atoms with van der Waals surface area (Å²) in [6.45, 7) is 0. The van der Waals surface area contributed by atoms with Crippen molar-refractivity contribution in [3.8, 4) is 10.6 Å². The maximum Gasteiger partial charge on any atom is 0.142 e. The first-order valence-electron chi connectivity index (χ1n) is 3.59. The lowest BCUT2D eigenvalue weighted by molar-refractivity contribution is 1.22. The zero-order valence-electron chi connectivity index (χ0n) is 6.57. The summed E-state index contributed by atoms with van der Waals surface area (Å²) in [5.74, 6) is 0.419. The Labute approximate surface area is 84.2 Å². The van der Waals surface area contributed by atoms with Crippen LogP contribution >= 0.6 is 22.9 Å². The molecule has 0 unspecified atom stereocenters. The Morgan fingerprint density at radius 2 is 2.15 bits per heavy atom. The molecule has 0 radical (unpaired) electrons. The van der Waals surface area contributed by atoms with E-state index in [1.807, 2.05) is 12.1 Å². The molecule has 0 amide bonds. The van der Waals surface area contributed by atoms with Crippen LogP contribution in [0.25, 0.3) is 10.6 Å². The first-order valence-corrected chi connectivity index (χ1v) is 4.78. The molecule has 0 fully saturated rings. The van der Waals surface area contributed by atoms with Crippen LogP contribution in [0.15, 0.2) is 24.5 Å². The molecular formula is C8H6ClN3S. The zero-order chi connectivity index (χ0) is 9.26. The topological polar surface area (TPSA) is 51.8 Å². The first-order chi connectivity index (χ1) is 6.25. The minimum absolute atomic E-state index is 0.419. The summed E-state index contributed by atoms with van der Waals surface area (Å²) in [6.07, 6.45) is 3.18. The molecule has 2 aromatic rings. The summed E-state index contributed by atoms with van der Waals surface area (Å²) in [4.78, 5) is 9.05. The van der Waals surface area contributed by atoms with Gasteiger partial charge in [0, 0.05) is 0 Å². The van der Waals surface area contributed by atoms with Gasteiger partial charge in [-0.05, 0) is 12.1 Å². The Morgan fingerprint density at radius 3 is 2.77 bits per heavy atom. The predicted octanol–water partition coefficient (Wildman–Crippen LogP) is 2.44. The van der Waals surface area contributed by atoms with E-state index >= 15 is 0 Å². The quantitative estimate of drug-likeness (QED) is 0.788. The van der Waals surface area contributed by atoms with Crippen molar-refractivity contribution in [2.45, 2.75) is 0 Å². The van der Waals surface area contributed by atoms with Crippen LogP contribution in [0.4, 0.5) is 5.82 Å². The molecule has 0 aliphatic rings. The molecular weight excluding hydrogens is 206 g/mol. The van der Waals surface area contributed by atoms with Crippen molar-refractivity contribution in [2.75, 3.05) is 5.73 Å². The Hall–Kier alpha value is -1.13. The number of rotatable bonds is 1. The molecule has 0 atom stereocenters. The number of anilines is 1. The smallest absolute Gasteiger partial charge is 0.142 e. The van der Waals surface area contributed by atoms with Crippen LogP contribution in [0.3, 0.4) is 0 Å². The molecule has 66 valence electrons. The van der Waals surface area contributed by atoms with E-state index in [2.05, 4.69) is 9.97 Å². The molecule has 0 saturated carbocycles. The highest BCUT2D eigenvalue weighted by Crippen LogP contribution is 2.29. The van der Waals surface area contributed by atoms with Gasteiger partial charge in [0.2, 0.25) is 0 Å². The minimum Gasteiger partial charge on any atom is -0.382 e. The highest BCUT2D eigenvalue weighted by molar-refractivity contribution is 7.19. The maximum absolute atomic E-state index is 5.79. The van der Waals surface area contributed by atoms with Gasteiger partial charge in [-0.1, -0.05) is 11.6 Å². The molecule has 0 spiro atoms. The van der Waals surface area contributed by atoms with Crippen molar-refractivity contribution >= 4 is 28.8 Å². The largest absolute Gasteiger partial charge is 0.382 e. The number of nitrogens with zero attached hydrogens (tertiary/aromatic N) is 2. The Bertz CT molecular complexity index is 427. The highest BCUT2D eigenvalue weighted by Gasteiger charge is 2.03. The van der Waals surface area contributed by atoms with Crippen LogP contribution < -0.4 is 5.73 Å². The third-order valence-corrected chi connectivity index (χ3v) is 2.73. The Kier molecular flexibility index (Phi) is 2.16. The van der Waals surface area contributed by atoms with E-state index in [0.29, 0.717) is 5.82 Å². The molecule has 0 aliphatic heterocycles. The number of hydrogen-bond donors (Lipinski definition) is 1. The van der Waals surface area contributed by atoms with E-state index in [1.54, 1.807) is 6.20 Å². The average Bonchev–Trinajstić information content (AvgIpc) is 2.52. The third-order valence-electron chi connectivity index (χ3n) is 1.48. The number of hydrogen-bond acceptors (Lipinski definition) is 4. The molecule has 13 heavy (non-hydrogen) atoms. The minimum atomic E-state index is 0.419. The number of thiophene rings is 1. The lowest BCUT2D eigenvalue weighted by atomic mass is 10.3. The van der Waals surface area contributed by atoms with E-state index in [-0.39, 0.29) is 0 Å². The SMILES string of the molecule is Nc1cncc(-c2ccc(Cl)s2)n1. The van der Waals surface area contributed by atoms with Crippen molar-refractivity contribution < 1.29 is 0 Å². The molecule has 2 heterocycles. The van der Waals surface area contributed by atoms with Gasteiger partial charge in [-0.3, -0.25) is 4.98 Å². The Balaban J connectivity index is 2.46. The van der Waals surface area contributed by atoms with Crippen LogP contribution in [0.5, 0.6) is 0 Å². The highest BCUT2D eigenvalue weighted by atomic mass is 35.5. The molecule has 0 bridgehead atoms. The maximum atomic E-state index is 5.79. The van der Waals surface area contributed by atoms with Gasteiger partial charge in [0.25, 0.3) is 0 Å². The van der Waals surface area contributed by atoms with Crippen molar-refractivity contribution in [1.82, 2.24) is 9.97 Å². The van der Waals surface area contributed by atoms with Crippen molar-refractivity contribution in [3.63, 3.8) is 0 Å². The summed E-state index contributed by atoms with van der Waals surface area (Å²) in [5.41, 5.74) is 6.26. The van der Waals surface area contributed by atoms with Crippen molar-refractivity contribution in [1.29, 1.82) is 0 Å².